The van der Waals surface area contributed by atoms with E-state index < -0.39 is 17.8 Å². The van der Waals surface area contributed by atoms with Gasteiger partial charge in [-0.25, -0.2) is 0 Å². The van der Waals surface area contributed by atoms with Crippen LogP contribution in [0.3, 0.4) is 0 Å². The third kappa shape index (κ3) is 4.01. The molecule has 132 valence electrons. The lowest BCUT2D eigenvalue weighted by Crippen LogP contribution is -2.36. The highest BCUT2D eigenvalue weighted by Gasteiger charge is 2.33. The Morgan fingerprint density at radius 2 is 2.12 bits per heavy atom. The Morgan fingerprint density at radius 1 is 1.31 bits per heavy atom. The van der Waals surface area contributed by atoms with Gasteiger partial charge in [-0.15, -0.1) is 0 Å². The number of thiocarbonyl (C=S) groups is 1. The molecule has 0 unspecified atom stereocenters. The number of carboxylic acids is 1. The quantitative estimate of drug-likeness (QED) is 0.612. The Hall–Kier alpha value is -2.91. The molecular formula is C17H11N2O5S2-. The SMILES string of the molecule is O=C(CN1C(=O)/C(=C/c2ccco2)SC1=S)Nc1cccc(C(=O)[O-])c1. The number of carbonyl (C=O) groups is 3. The molecule has 2 amide bonds. The maximum atomic E-state index is 12.4. The number of thioether (sulfide) groups is 1. The molecule has 2 heterocycles. The number of benzene rings is 1. The van der Waals surface area contributed by atoms with Gasteiger partial charge in [0.15, 0.2) is 0 Å². The van der Waals surface area contributed by atoms with Crippen molar-refractivity contribution in [2.45, 2.75) is 0 Å². The van der Waals surface area contributed by atoms with E-state index in [1.165, 1.54) is 35.4 Å². The molecule has 0 bridgehead atoms. The van der Waals surface area contributed by atoms with Gasteiger partial charge < -0.3 is 19.6 Å². The number of carbonyl (C=O) groups excluding carboxylic acids is 3. The molecule has 0 radical (unpaired) electrons. The van der Waals surface area contributed by atoms with Gasteiger partial charge in [-0.05, 0) is 29.8 Å². The fourth-order valence-corrected chi connectivity index (χ4v) is 3.44. The van der Waals surface area contributed by atoms with E-state index in [9.17, 15) is 19.5 Å². The van der Waals surface area contributed by atoms with Gasteiger partial charge in [0.25, 0.3) is 5.91 Å². The zero-order chi connectivity index (χ0) is 18.7. The molecule has 0 saturated carbocycles. The number of carboxylic acid groups (broad SMARTS) is 1. The second kappa shape index (κ2) is 7.54. The number of hydrogen-bond acceptors (Lipinski definition) is 7. The zero-order valence-corrected chi connectivity index (χ0v) is 14.8. The van der Waals surface area contributed by atoms with Crippen LogP contribution >= 0.6 is 24.0 Å². The summed E-state index contributed by atoms with van der Waals surface area (Å²) in [5.41, 5.74) is 0.225. The summed E-state index contributed by atoms with van der Waals surface area (Å²) >= 11 is 6.24. The van der Waals surface area contributed by atoms with Crippen LogP contribution < -0.4 is 10.4 Å². The Bertz CT molecular complexity index is 921. The summed E-state index contributed by atoms with van der Waals surface area (Å²) in [5.74, 6) is -1.73. The van der Waals surface area contributed by atoms with Gasteiger partial charge in [0.2, 0.25) is 5.91 Å². The molecule has 3 rings (SSSR count). The minimum Gasteiger partial charge on any atom is -0.545 e. The highest BCUT2D eigenvalue weighted by atomic mass is 32.2. The van der Waals surface area contributed by atoms with Gasteiger partial charge in [-0.1, -0.05) is 36.1 Å². The van der Waals surface area contributed by atoms with Crippen LogP contribution in [0.1, 0.15) is 16.1 Å². The van der Waals surface area contributed by atoms with Crippen molar-refractivity contribution in [2.24, 2.45) is 0 Å². The largest absolute Gasteiger partial charge is 0.545 e. The highest BCUT2D eigenvalue weighted by Crippen LogP contribution is 2.32. The first-order chi connectivity index (χ1) is 12.4. The first-order valence-electron chi connectivity index (χ1n) is 7.34. The molecule has 1 aliphatic rings. The van der Waals surface area contributed by atoms with Crippen LogP contribution in [0.5, 0.6) is 0 Å². The summed E-state index contributed by atoms with van der Waals surface area (Å²) < 4.78 is 5.42. The Labute approximate surface area is 157 Å². The van der Waals surface area contributed by atoms with Gasteiger partial charge in [0.1, 0.15) is 16.6 Å². The van der Waals surface area contributed by atoms with Crippen LogP contribution in [0.4, 0.5) is 5.69 Å². The van der Waals surface area contributed by atoms with Crippen molar-refractivity contribution in [1.29, 1.82) is 0 Å². The fourth-order valence-electron chi connectivity index (χ4n) is 2.21. The van der Waals surface area contributed by atoms with Crippen LogP contribution in [0, 0.1) is 0 Å². The van der Waals surface area contributed by atoms with Gasteiger partial charge in [0, 0.05) is 11.8 Å². The molecule has 1 N–H and O–H groups in total. The maximum absolute atomic E-state index is 12.4. The van der Waals surface area contributed by atoms with Crippen molar-refractivity contribution in [2.75, 3.05) is 11.9 Å². The second-order valence-corrected chi connectivity index (χ2v) is 6.88. The number of amides is 2. The smallest absolute Gasteiger partial charge is 0.266 e. The third-order valence-corrected chi connectivity index (χ3v) is 4.75. The second-order valence-electron chi connectivity index (χ2n) is 5.20. The Balaban J connectivity index is 1.67. The summed E-state index contributed by atoms with van der Waals surface area (Å²) in [7, 11) is 0. The lowest BCUT2D eigenvalue weighted by molar-refractivity contribution is -0.255. The number of rotatable bonds is 5. The molecule has 0 aliphatic carbocycles. The molecule has 1 saturated heterocycles. The van der Waals surface area contributed by atoms with Crippen molar-refractivity contribution in [3.8, 4) is 0 Å². The van der Waals surface area contributed by atoms with Gasteiger partial charge in [-0.3, -0.25) is 14.5 Å². The van der Waals surface area contributed by atoms with Gasteiger partial charge in [0.05, 0.1) is 17.1 Å². The minimum absolute atomic E-state index is 0.0604. The van der Waals surface area contributed by atoms with Crippen LogP contribution in [-0.4, -0.2) is 33.5 Å². The van der Waals surface area contributed by atoms with Crippen molar-refractivity contribution in [3.63, 3.8) is 0 Å². The van der Waals surface area contributed by atoms with Crippen LogP contribution in [0.25, 0.3) is 6.08 Å². The normalized spacial score (nSPS) is 15.5. The molecule has 26 heavy (non-hydrogen) atoms. The monoisotopic (exact) mass is 387 g/mol. The molecule has 1 aliphatic heterocycles. The lowest BCUT2D eigenvalue weighted by Gasteiger charge is -2.14. The standard InChI is InChI=1S/C17H12N2O5S2/c20-14(18-11-4-1-3-10(7-11)16(22)23)9-19-15(21)13(26-17(19)25)8-12-5-2-6-24-12/h1-8H,9H2,(H,18,20)(H,22,23)/p-1/b13-8-. The summed E-state index contributed by atoms with van der Waals surface area (Å²) in [6.07, 6.45) is 3.04. The molecule has 7 nitrogen and oxygen atoms in total. The van der Waals surface area contributed by atoms with E-state index in [1.54, 1.807) is 18.2 Å². The Kier molecular flexibility index (Phi) is 5.19. The van der Waals surface area contributed by atoms with E-state index >= 15 is 0 Å². The molecule has 2 aromatic rings. The maximum Gasteiger partial charge on any atom is 0.266 e. The van der Waals surface area contributed by atoms with E-state index in [-0.39, 0.29) is 22.1 Å². The Morgan fingerprint density at radius 3 is 2.81 bits per heavy atom. The van der Waals surface area contributed by atoms with E-state index in [1.807, 2.05) is 0 Å². The van der Waals surface area contributed by atoms with E-state index in [0.29, 0.717) is 10.7 Å². The first kappa shape index (κ1) is 17.9. The topological polar surface area (TPSA) is 103 Å². The van der Waals surface area contributed by atoms with Crippen molar-refractivity contribution in [3.05, 3.63) is 58.9 Å². The molecule has 0 spiro atoms. The lowest BCUT2D eigenvalue weighted by atomic mass is 10.2. The number of furan rings is 1. The average molecular weight is 387 g/mol. The van der Waals surface area contributed by atoms with Crippen LogP contribution in [0.15, 0.2) is 52.0 Å². The van der Waals surface area contributed by atoms with E-state index in [0.717, 1.165) is 11.8 Å². The molecule has 0 atom stereocenters. The number of nitrogens with zero attached hydrogens (tertiary/aromatic N) is 1. The average Bonchev–Trinajstić information content (AvgIpc) is 3.19. The number of hydrogen-bond donors (Lipinski definition) is 1. The number of aromatic carboxylic acids is 1. The first-order valence-corrected chi connectivity index (χ1v) is 8.56. The zero-order valence-electron chi connectivity index (χ0n) is 13.1. The fraction of sp³-hybridized carbons (Fsp3) is 0.0588. The number of nitrogens with one attached hydrogen (secondary N) is 1. The van der Waals surface area contributed by atoms with Crippen molar-refractivity contribution in [1.82, 2.24) is 4.90 Å². The predicted octanol–water partition coefficient (Wildman–Crippen LogP) is 1.48. The summed E-state index contributed by atoms with van der Waals surface area (Å²) in [5, 5.41) is 13.4. The number of anilines is 1. The summed E-state index contributed by atoms with van der Waals surface area (Å²) in [4.78, 5) is 37.0. The molecule has 1 aromatic carbocycles. The van der Waals surface area contributed by atoms with E-state index in [4.69, 9.17) is 16.6 Å². The van der Waals surface area contributed by atoms with E-state index in [2.05, 4.69) is 5.32 Å². The highest BCUT2D eigenvalue weighted by molar-refractivity contribution is 8.26. The third-order valence-electron chi connectivity index (χ3n) is 3.37. The minimum atomic E-state index is -1.35. The summed E-state index contributed by atoms with van der Waals surface area (Å²) in [6, 6.07) is 9.03. The van der Waals surface area contributed by atoms with Crippen LogP contribution in [0.2, 0.25) is 0 Å². The van der Waals surface area contributed by atoms with Crippen molar-refractivity contribution < 1.29 is 23.9 Å². The summed E-state index contributed by atoms with van der Waals surface area (Å²) in [6.45, 7) is -0.282. The van der Waals surface area contributed by atoms with Crippen LogP contribution in [-0.2, 0) is 9.59 Å². The van der Waals surface area contributed by atoms with Gasteiger partial charge in [-0.2, -0.15) is 0 Å². The predicted molar refractivity (Wildman–Crippen MR) is 98.0 cm³/mol. The molecule has 9 heteroatoms. The molecule has 1 aromatic heterocycles. The molecular weight excluding hydrogens is 376 g/mol. The molecule has 1 fully saturated rings. The van der Waals surface area contributed by atoms with Crippen molar-refractivity contribution >= 4 is 57.8 Å². The van der Waals surface area contributed by atoms with Gasteiger partial charge >= 0.3 is 0 Å².